The molecule has 0 bridgehead atoms. The lowest BCUT2D eigenvalue weighted by molar-refractivity contribution is -0.121. The summed E-state index contributed by atoms with van der Waals surface area (Å²) in [5.74, 6) is 2.62. The standard InChI is InChI=1S/C24H30N4O2S/c1-3-4-16-31-24-27-26-22(28(24)18-19-10-6-5-7-11-19)14-15-23(29)25-17-20-12-8-9-13-21(20)30-2/h5-13H,3-4,14-18H2,1-2H3,(H,25,29). The number of hydrogen-bond donors (Lipinski definition) is 1. The van der Waals surface area contributed by atoms with Gasteiger partial charge in [-0.3, -0.25) is 4.79 Å². The van der Waals surface area contributed by atoms with Gasteiger partial charge in [-0.2, -0.15) is 0 Å². The van der Waals surface area contributed by atoms with E-state index >= 15 is 0 Å². The predicted molar refractivity (Wildman–Crippen MR) is 124 cm³/mol. The number of ether oxygens (including phenoxy) is 1. The minimum absolute atomic E-state index is 0.0136. The molecule has 2 aromatic carbocycles. The lowest BCUT2D eigenvalue weighted by Crippen LogP contribution is -2.23. The molecule has 0 fully saturated rings. The van der Waals surface area contributed by atoms with Crippen molar-refractivity contribution in [3.05, 3.63) is 71.5 Å². The highest BCUT2D eigenvalue weighted by Gasteiger charge is 2.15. The number of nitrogens with zero attached hydrogens (tertiary/aromatic N) is 3. The summed E-state index contributed by atoms with van der Waals surface area (Å²) < 4.78 is 7.49. The molecule has 6 nitrogen and oxygen atoms in total. The average molecular weight is 439 g/mol. The number of carbonyl (C=O) groups is 1. The Balaban J connectivity index is 1.62. The molecular weight excluding hydrogens is 408 g/mol. The Kier molecular flexibility index (Phi) is 8.97. The number of rotatable bonds is 12. The van der Waals surface area contributed by atoms with Gasteiger partial charge in [0.2, 0.25) is 5.91 Å². The zero-order chi connectivity index (χ0) is 21.9. The van der Waals surface area contributed by atoms with E-state index in [0.717, 1.165) is 40.9 Å². The molecule has 3 rings (SSSR count). The van der Waals surface area contributed by atoms with E-state index in [1.165, 1.54) is 5.56 Å². The summed E-state index contributed by atoms with van der Waals surface area (Å²) in [5.41, 5.74) is 2.15. The summed E-state index contributed by atoms with van der Waals surface area (Å²) in [6.07, 6.45) is 3.20. The fraction of sp³-hybridized carbons (Fsp3) is 0.375. The van der Waals surface area contributed by atoms with Gasteiger partial charge >= 0.3 is 0 Å². The van der Waals surface area contributed by atoms with Gasteiger partial charge in [0, 0.05) is 30.7 Å². The zero-order valence-electron chi connectivity index (χ0n) is 18.2. The van der Waals surface area contributed by atoms with Gasteiger partial charge < -0.3 is 14.6 Å². The molecule has 1 amide bonds. The van der Waals surface area contributed by atoms with Crippen molar-refractivity contribution in [3.8, 4) is 5.75 Å². The van der Waals surface area contributed by atoms with Crippen molar-refractivity contribution < 1.29 is 9.53 Å². The molecule has 1 aromatic heterocycles. The van der Waals surface area contributed by atoms with Crippen LogP contribution in [0.4, 0.5) is 0 Å². The van der Waals surface area contributed by atoms with Crippen molar-refractivity contribution in [2.75, 3.05) is 12.9 Å². The number of carbonyl (C=O) groups excluding carboxylic acids is 1. The van der Waals surface area contributed by atoms with Crippen LogP contribution >= 0.6 is 11.8 Å². The second-order valence-corrected chi connectivity index (χ2v) is 8.32. The monoisotopic (exact) mass is 438 g/mol. The molecule has 0 saturated carbocycles. The van der Waals surface area contributed by atoms with Crippen LogP contribution in [0.1, 0.15) is 43.1 Å². The topological polar surface area (TPSA) is 69.0 Å². The van der Waals surface area contributed by atoms with Crippen LogP contribution in [0, 0.1) is 0 Å². The number of hydrogen-bond acceptors (Lipinski definition) is 5. The van der Waals surface area contributed by atoms with Crippen LogP contribution in [0.25, 0.3) is 0 Å². The lowest BCUT2D eigenvalue weighted by atomic mass is 10.2. The number of nitrogens with one attached hydrogen (secondary N) is 1. The van der Waals surface area contributed by atoms with Crippen LogP contribution in [0.15, 0.2) is 59.8 Å². The minimum Gasteiger partial charge on any atom is -0.496 e. The van der Waals surface area contributed by atoms with Gasteiger partial charge in [-0.05, 0) is 18.1 Å². The number of aromatic nitrogens is 3. The summed E-state index contributed by atoms with van der Waals surface area (Å²) in [5, 5.41) is 12.7. The SMILES string of the molecule is CCCCSc1nnc(CCC(=O)NCc2ccccc2OC)n1Cc1ccccc1. The van der Waals surface area contributed by atoms with Gasteiger partial charge in [0.05, 0.1) is 13.7 Å². The van der Waals surface area contributed by atoms with E-state index in [1.54, 1.807) is 18.9 Å². The molecule has 0 unspecified atom stereocenters. The van der Waals surface area contributed by atoms with Gasteiger partial charge in [-0.25, -0.2) is 0 Å². The molecule has 7 heteroatoms. The largest absolute Gasteiger partial charge is 0.496 e. The third-order valence-electron chi connectivity index (χ3n) is 4.95. The molecule has 0 saturated heterocycles. The van der Waals surface area contributed by atoms with Crippen molar-refractivity contribution >= 4 is 17.7 Å². The number of thioether (sulfide) groups is 1. The first kappa shape index (κ1) is 22.9. The number of benzene rings is 2. The van der Waals surface area contributed by atoms with Crippen molar-refractivity contribution in [1.82, 2.24) is 20.1 Å². The molecule has 31 heavy (non-hydrogen) atoms. The Morgan fingerprint density at radius 3 is 2.65 bits per heavy atom. The summed E-state index contributed by atoms with van der Waals surface area (Å²) >= 11 is 1.73. The van der Waals surface area contributed by atoms with E-state index in [-0.39, 0.29) is 5.91 Å². The Labute approximate surface area is 188 Å². The quantitative estimate of drug-likeness (QED) is 0.334. The van der Waals surface area contributed by atoms with E-state index in [0.29, 0.717) is 25.9 Å². The highest BCUT2D eigenvalue weighted by molar-refractivity contribution is 7.99. The van der Waals surface area contributed by atoms with E-state index in [1.807, 2.05) is 42.5 Å². The molecule has 0 spiro atoms. The first-order valence-electron chi connectivity index (χ1n) is 10.7. The lowest BCUT2D eigenvalue weighted by Gasteiger charge is -2.11. The summed E-state index contributed by atoms with van der Waals surface area (Å²) in [6.45, 7) is 3.34. The Hall–Kier alpha value is -2.80. The molecule has 1 N–H and O–H groups in total. The van der Waals surface area contributed by atoms with E-state index in [4.69, 9.17) is 4.74 Å². The second kappa shape index (κ2) is 12.2. The van der Waals surface area contributed by atoms with Gasteiger partial charge in [-0.15, -0.1) is 10.2 Å². The van der Waals surface area contributed by atoms with Crippen LogP contribution in [-0.2, 0) is 24.3 Å². The highest BCUT2D eigenvalue weighted by atomic mass is 32.2. The average Bonchev–Trinajstić information content (AvgIpc) is 3.18. The molecule has 3 aromatic rings. The van der Waals surface area contributed by atoms with Crippen LogP contribution in [0.3, 0.4) is 0 Å². The number of methoxy groups -OCH3 is 1. The molecule has 1 heterocycles. The normalized spacial score (nSPS) is 10.8. The molecule has 0 radical (unpaired) electrons. The van der Waals surface area contributed by atoms with Crippen LogP contribution in [0.2, 0.25) is 0 Å². The van der Waals surface area contributed by atoms with Crippen molar-refractivity contribution in [1.29, 1.82) is 0 Å². The fourth-order valence-electron chi connectivity index (χ4n) is 3.20. The first-order valence-corrected chi connectivity index (χ1v) is 11.7. The number of aryl methyl sites for hydroxylation is 1. The van der Waals surface area contributed by atoms with Crippen LogP contribution in [0.5, 0.6) is 5.75 Å². The minimum atomic E-state index is -0.0136. The van der Waals surface area contributed by atoms with Gasteiger partial charge in [-0.1, -0.05) is 73.6 Å². The molecule has 164 valence electrons. The van der Waals surface area contributed by atoms with Crippen LogP contribution in [-0.4, -0.2) is 33.5 Å². The van der Waals surface area contributed by atoms with E-state index in [2.05, 4.69) is 39.1 Å². The number of para-hydroxylation sites is 1. The second-order valence-electron chi connectivity index (χ2n) is 7.26. The van der Waals surface area contributed by atoms with Crippen LogP contribution < -0.4 is 10.1 Å². The molecule has 0 aliphatic rings. The summed E-state index contributed by atoms with van der Waals surface area (Å²) in [7, 11) is 1.64. The van der Waals surface area contributed by atoms with E-state index < -0.39 is 0 Å². The maximum Gasteiger partial charge on any atom is 0.220 e. The zero-order valence-corrected chi connectivity index (χ0v) is 19.0. The van der Waals surface area contributed by atoms with Gasteiger partial charge in [0.1, 0.15) is 11.6 Å². The predicted octanol–water partition coefficient (Wildman–Crippen LogP) is 4.48. The summed E-state index contributed by atoms with van der Waals surface area (Å²) in [4.78, 5) is 12.5. The molecule has 0 aliphatic heterocycles. The number of unbranched alkanes of at least 4 members (excludes halogenated alkanes) is 1. The maximum absolute atomic E-state index is 12.5. The van der Waals surface area contributed by atoms with Gasteiger partial charge in [0.15, 0.2) is 5.16 Å². The first-order chi connectivity index (χ1) is 15.2. The Morgan fingerprint density at radius 2 is 1.87 bits per heavy atom. The van der Waals surface area contributed by atoms with Crippen molar-refractivity contribution in [2.24, 2.45) is 0 Å². The highest BCUT2D eigenvalue weighted by Crippen LogP contribution is 2.21. The number of amides is 1. The third kappa shape index (κ3) is 6.85. The molecule has 0 aliphatic carbocycles. The summed E-state index contributed by atoms with van der Waals surface area (Å²) in [6, 6.07) is 18.0. The van der Waals surface area contributed by atoms with E-state index in [9.17, 15) is 4.79 Å². The third-order valence-corrected chi connectivity index (χ3v) is 6.00. The Bertz CT molecular complexity index is 959. The smallest absolute Gasteiger partial charge is 0.220 e. The molecular formula is C24H30N4O2S. The maximum atomic E-state index is 12.5. The van der Waals surface area contributed by atoms with Gasteiger partial charge in [0.25, 0.3) is 0 Å². The molecule has 0 atom stereocenters. The fourth-order valence-corrected chi connectivity index (χ4v) is 4.24. The van der Waals surface area contributed by atoms with Crippen molar-refractivity contribution in [2.45, 2.75) is 50.9 Å². The van der Waals surface area contributed by atoms with Crippen molar-refractivity contribution in [3.63, 3.8) is 0 Å². The Morgan fingerprint density at radius 1 is 1.10 bits per heavy atom.